The maximum Gasteiger partial charge on any atom is 0.115 e. The van der Waals surface area contributed by atoms with Crippen LogP contribution in [0.25, 0.3) is 0 Å². The molecule has 4 atom stereocenters. The highest BCUT2D eigenvalue weighted by atomic mass is 16.6. The molecule has 0 radical (unpaired) electrons. The fourth-order valence-corrected chi connectivity index (χ4v) is 2.49. The SMILES string of the molecule is CC#CCCOC1COC2C(OCCC#CC)COC12. The van der Waals surface area contributed by atoms with Gasteiger partial charge in [0.2, 0.25) is 0 Å². The van der Waals surface area contributed by atoms with Gasteiger partial charge in [-0.1, -0.05) is 0 Å². The maximum atomic E-state index is 5.78. The molecule has 0 aromatic carbocycles. The lowest BCUT2D eigenvalue weighted by Gasteiger charge is -2.16. The highest BCUT2D eigenvalue weighted by molar-refractivity contribution is 4.98. The van der Waals surface area contributed by atoms with Crippen LogP contribution in [0.4, 0.5) is 0 Å². The smallest absolute Gasteiger partial charge is 0.115 e. The molecule has 0 aromatic rings. The van der Waals surface area contributed by atoms with Gasteiger partial charge in [0.25, 0.3) is 0 Å². The van der Waals surface area contributed by atoms with Crippen molar-refractivity contribution in [3.63, 3.8) is 0 Å². The second-order valence-electron chi connectivity index (χ2n) is 4.77. The summed E-state index contributed by atoms with van der Waals surface area (Å²) in [6.45, 7) is 6.06. The van der Waals surface area contributed by atoms with E-state index in [0.717, 1.165) is 12.8 Å². The Morgan fingerprint density at radius 1 is 0.850 bits per heavy atom. The van der Waals surface area contributed by atoms with Crippen molar-refractivity contribution in [2.75, 3.05) is 26.4 Å². The molecule has 4 unspecified atom stereocenters. The second-order valence-corrected chi connectivity index (χ2v) is 4.77. The van der Waals surface area contributed by atoms with Crippen LogP contribution in [0.15, 0.2) is 0 Å². The lowest BCUT2D eigenvalue weighted by atomic mass is 10.1. The summed E-state index contributed by atoms with van der Waals surface area (Å²) in [4.78, 5) is 0. The molecule has 0 aliphatic carbocycles. The molecule has 2 saturated heterocycles. The molecule has 4 nitrogen and oxygen atoms in total. The van der Waals surface area contributed by atoms with Crippen molar-refractivity contribution >= 4 is 0 Å². The predicted molar refractivity (Wildman–Crippen MR) is 75.1 cm³/mol. The van der Waals surface area contributed by atoms with Crippen LogP contribution in [0.5, 0.6) is 0 Å². The van der Waals surface area contributed by atoms with E-state index >= 15 is 0 Å². The van der Waals surface area contributed by atoms with Gasteiger partial charge in [-0.3, -0.25) is 0 Å². The van der Waals surface area contributed by atoms with Crippen LogP contribution in [0.3, 0.4) is 0 Å². The number of rotatable bonds is 6. The molecule has 2 aliphatic heterocycles. The van der Waals surface area contributed by atoms with Gasteiger partial charge >= 0.3 is 0 Å². The largest absolute Gasteiger partial charge is 0.372 e. The summed E-state index contributed by atoms with van der Waals surface area (Å²) in [6, 6.07) is 0. The average Bonchev–Trinajstić information content (AvgIpc) is 3.03. The van der Waals surface area contributed by atoms with Crippen LogP contribution in [-0.4, -0.2) is 50.8 Å². The van der Waals surface area contributed by atoms with Crippen molar-refractivity contribution in [3.05, 3.63) is 0 Å². The molecule has 2 heterocycles. The fraction of sp³-hybridized carbons (Fsp3) is 0.750. The Balaban J connectivity index is 1.72. The third kappa shape index (κ3) is 3.98. The molecular formula is C16H22O4. The summed E-state index contributed by atoms with van der Waals surface area (Å²) in [7, 11) is 0. The van der Waals surface area contributed by atoms with Crippen LogP contribution < -0.4 is 0 Å². The van der Waals surface area contributed by atoms with E-state index in [0.29, 0.717) is 26.4 Å². The molecule has 0 N–H and O–H groups in total. The van der Waals surface area contributed by atoms with Gasteiger partial charge in [0.05, 0.1) is 26.4 Å². The van der Waals surface area contributed by atoms with E-state index in [1.807, 2.05) is 13.8 Å². The van der Waals surface area contributed by atoms with Gasteiger partial charge < -0.3 is 18.9 Å². The van der Waals surface area contributed by atoms with Crippen LogP contribution >= 0.6 is 0 Å². The third-order valence-electron chi connectivity index (χ3n) is 3.43. The lowest BCUT2D eigenvalue weighted by Crippen LogP contribution is -2.34. The Labute approximate surface area is 121 Å². The third-order valence-corrected chi connectivity index (χ3v) is 3.43. The van der Waals surface area contributed by atoms with Crippen LogP contribution in [0, 0.1) is 23.7 Å². The zero-order valence-electron chi connectivity index (χ0n) is 12.2. The van der Waals surface area contributed by atoms with Gasteiger partial charge in [0.1, 0.15) is 24.4 Å². The van der Waals surface area contributed by atoms with Crippen molar-refractivity contribution in [1.29, 1.82) is 0 Å². The van der Waals surface area contributed by atoms with Crippen LogP contribution in [0.1, 0.15) is 26.7 Å². The van der Waals surface area contributed by atoms with Crippen molar-refractivity contribution in [2.24, 2.45) is 0 Å². The van der Waals surface area contributed by atoms with E-state index in [1.165, 1.54) is 0 Å². The van der Waals surface area contributed by atoms with Crippen molar-refractivity contribution in [2.45, 2.75) is 51.1 Å². The zero-order valence-corrected chi connectivity index (χ0v) is 12.2. The van der Waals surface area contributed by atoms with E-state index in [2.05, 4.69) is 23.7 Å². The average molecular weight is 278 g/mol. The summed E-state index contributed by atoms with van der Waals surface area (Å²) in [5, 5.41) is 0. The molecule has 20 heavy (non-hydrogen) atoms. The maximum absolute atomic E-state index is 5.78. The minimum absolute atomic E-state index is 0.00249. The molecule has 110 valence electrons. The summed E-state index contributed by atoms with van der Waals surface area (Å²) in [6.07, 6.45) is 1.49. The van der Waals surface area contributed by atoms with Gasteiger partial charge in [-0.25, -0.2) is 0 Å². The molecule has 0 saturated carbocycles. The minimum Gasteiger partial charge on any atom is -0.372 e. The lowest BCUT2D eigenvalue weighted by molar-refractivity contribution is -0.0483. The Morgan fingerprint density at radius 2 is 1.30 bits per heavy atom. The number of hydrogen-bond acceptors (Lipinski definition) is 4. The zero-order chi connectivity index (χ0) is 14.2. The van der Waals surface area contributed by atoms with E-state index in [-0.39, 0.29) is 24.4 Å². The first-order chi connectivity index (χ1) is 9.86. The monoisotopic (exact) mass is 278 g/mol. The van der Waals surface area contributed by atoms with Crippen molar-refractivity contribution < 1.29 is 18.9 Å². The van der Waals surface area contributed by atoms with Gasteiger partial charge in [-0.2, -0.15) is 0 Å². The predicted octanol–water partition coefficient (Wildman–Crippen LogP) is 1.38. The van der Waals surface area contributed by atoms with Crippen LogP contribution in [0.2, 0.25) is 0 Å². The van der Waals surface area contributed by atoms with Crippen molar-refractivity contribution in [1.82, 2.24) is 0 Å². The Hall–Kier alpha value is -1.04. The van der Waals surface area contributed by atoms with Crippen molar-refractivity contribution in [3.8, 4) is 23.7 Å². The molecule has 0 aromatic heterocycles. The topological polar surface area (TPSA) is 36.9 Å². The normalized spacial score (nSPS) is 31.1. The Morgan fingerprint density at radius 3 is 1.70 bits per heavy atom. The summed E-state index contributed by atoms with van der Waals surface area (Å²) >= 11 is 0. The van der Waals surface area contributed by atoms with Gasteiger partial charge in [0, 0.05) is 12.8 Å². The van der Waals surface area contributed by atoms with E-state index < -0.39 is 0 Å². The quantitative estimate of drug-likeness (QED) is 0.543. The molecule has 2 rings (SSSR count). The first-order valence-corrected chi connectivity index (χ1v) is 7.12. The van der Waals surface area contributed by atoms with Gasteiger partial charge in [0.15, 0.2) is 0 Å². The molecular weight excluding hydrogens is 256 g/mol. The molecule has 2 fully saturated rings. The second kappa shape index (κ2) is 8.29. The number of fused-ring (bicyclic) bond motifs is 1. The highest BCUT2D eigenvalue weighted by Gasteiger charge is 2.48. The summed E-state index contributed by atoms with van der Waals surface area (Å²) in [5.74, 6) is 11.7. The standard InChI is InChI=1S/C16H22O4/c1-3-5-7-9-17-13-11-19-16-14(12-20-15(13)16)18-10-8-6-4-2/h13-16H,7-12H2,1-2H3. The highest BCUT2D eigenvalue weighted by Crippen LogP contribution is 2.30. The summed E-state index contributed by atoms with van der Waals surface area (Å²) < 4.78 is 23.1. The van der Waals surface area contributed by atoms with E-state index in [9.17, 15) is 0 Å². The molecule has 0 spiro atoms. The Bertz CT molecular complexity index is 372. The summed E-state index contributed by atoms with van der Waals surface area (Å²) in [5.41, 5.74) is 0. The van der Waals surface area contributed by atoms with E-state index in [4.69, 9.17) is 18.9 Å². The van der Waals surface area contributed by atoms with Crippen LogP contribution in [-0.2, 0) is 18.9 Å². The molecule has 0 amide bonds. The fourth-order valence-electron chi connectivity index (χ4n) is 2.49. The Kier molecular flexibility index (Phi) is 6.36. The first kappa shape index (κ1) is 15.4. The minimum atomic E-state index is -0.00755. The number of hydrogen-bond donors (Lipinski definition) is 0. The van der Waals surface area contributed by atoms with Gasteiger partial charge in [-0.05, 0) is 13.8 Å². The number of ether oxygens (including phenoxy) is 4. The molecule has 4 heteroatoms. The van der Waals surface area contributed by atoms with Gasteiger partial charge in [-0.15, -0.1) is 23.7 Å². The first-order valence-electron chi connectivity index (χ1n) is 7.12. The molecule has 0 bridgehead atoms. The van der Waals surface area contributed by atoms with E-state index in [1.54, 1.807) is 0 Å². The molecule has 2 aliphatic rings.